The van der Waals surface area contributed by atoms with E-state index in [2.05, 4.69) is 5.32 Å². The number of benzene rings is 1. The lowest BCUT2D eigenvalue weighted by molar-refractivity contribution is -0.141. The quantitative estimate of drug-likeness (QED) is 0.787. The zero-order chi connectivity index (χ0) is 12.7. The molecule has 0 fully saturated rings. The fourth-order valence-corrected chi connectivity index (χ4v) is 1.47. The van der Waals surface area contributed by atoms with Crippen molar-refractivity contribution in [3.8, 4) is 0 Å². The van der Waals surface area contributed by atoms with Crippen LogP contribution < -0.4 is 5.32 Å². The van der Waals surface area contributed by atoms with Crippen LogP contribution in [-0.4, -0.2) is 23.0 Å². The maximum Gasteiger partial charge on any atom is 0.325 e. The smallest absolute Gasteiger partial charge is 0.325 e. The van der Waals surface area contributed by atoms with Crippen LogP contribution in [0.4, 0.5) is 0 Å². The molecule has 0 radical (unpaired) electrons. The number of carbonyl (C=O) groups excluding carboxylic acids is 1. The SMILES string of the molecule is C[C@H](NC(=O)CCCc1ccccc1)C(=O)O. The van der Waals surface area contributed by atoms with Gasteiger partial charge in [-0.1, -0.05) is 30.3 Å². The number of amides is 1. The molecule has 0 saturated carbocycles. The molecular weight excluding hydrogens is 218 g/mol. The van der Waals surface area contributed by atoms with Gasteiger partial charge in [-0.2, -0.15) is 0 Å². The summed E-state index contributed by atoms with van der Waals surface area (Å²) in [6.07, 6.45) is 1.91. The average Bonchev–Trinajstić information content (AvgIpc) is 2.30. The van der Waals surface area contributed by atoms with Crippen LogP contribution in [0.2, 0.25) is 0 Å². The molecular formula is C13H17NO3. The maximum atomic E-state index is 11.4. The van der Waals surface area contributed by atoms with Crippen LogP contribution in [0.1, 0.15) is 25.3 Å². The van der Waals surface area contributed by atoms with Crippen molar-refractivity contribution in [1.29, 1.82) is 0 Å². The Balaban J connectivity index is 2.23. The van der Waals surface area contributed by atoms with Gasteiger partial charge in [0.1, 0.15) is 6.04 Å². The molecule has 2 N–H and O–H groups in total. The van der Waals surface area contributed by atoms with E-state index >= 15 is 0 Å². The topological polar surface area (TPSA) is 66.4 Å². The zero-order valence-corrected chi connectivity index (χ0v) is 9.85. The average molecular weight is 235 g/mol. The number of aryl methyl sites for hydroxylation is 1. The van der Waals surface area contributed by atoms with Gasteiger partial charge in [0.2, 0.25) is 5.91 Å². The largest absolute Gasteiger partial charge is 0.480 e. The number of hydrogen-bond donors (Lipinski definition) is 2. The first-order valence-corrected chi connectivity index (χ1v) is 5.65. The Labute approximate surface area is 101 Å². The molecule has 0 aromatic heterocycles. The molecule has 0 heterocycles. The zero-order valence-electron chi connectivity index (χ0n) is 9.85. The van der Waals surface area contributed by atoms with Gasteiger partial charge in [0, 0.05) is 6.42 Å². The molecule has 17 heavy (non-hydrogen) atoms. The Bertz CT molecular complexity index is 376. The highest BCUT2D eigenvalue weighted by Crippen LogP contribution is 2.04. The van der Waals surface area contributed by atoms with Gasteiger partial charge in [0.15, 0.2) is 0 Å². The van der Waals surface area contributed by atoms with E-state index in [4.69, 9.17) is 5.11 Å². The number of nitrogens with one attached hydrogen (secondary N) is 1. The lowest BCUT2D eigenvalue weighted by Crippen LogP contribution is -2.38. The third-order valence-electron chi connectivity index (χ3n) is 2.46. The predicted molar refractivity (Wildman–Crippen MR) is 64.6 cm³/mol. The molecule has 1 aromatic carbocycles. The first-order chi connectivity index (χ1) is 8.09. The van der Waals surface area contributed by atoms with Crippen LogP contribution in [0.5, 0.6) is 0 Å². The Morgan fingerprint density at radius 1 is 1.29 bits per heavy atom. The molecule has 0 aliphatic carbocycles. The fraction of sp³-hybridized carbons (Fsp3) is 0.385. The first kappa shape index (κ1) is 13.2. The van der Waals surface area contributed by atoms with Crippen LogP contribution >= 0.6 is 0 Å². The van der Waals surface area contributed by atoms with Gasteiger partial charge in [0.05, 0.1) is 0 Å². The second-order valence-corrected chi connectivity index (χ2v) is 3.97. The molecule has 92 valence electrons. The number of carbonyl (C=O) groups is 2. The maximum absolute atomic E-state index is 11.4. The van der Waals surface area contributed by atoms with E-state index in [1.807, 2.05) is 30.3 Å². The minimum absolute atomic E-state index is 0.212. The number of carboxylic acids is 1. The number of hydrogen-bond acceptors (Lipinski definition) is 2. The third kappa shape index (κ3) is 5.15. The third-order valence-corrected chi connectivity index (χ3v) is 2.46. The molecule has 4 nitrogen and oxygen atoms in total. The molecule has 0 unspecified atom stereocenters. The van der Waals surface area contributed by atoms with E-state index in [0.29, 0.717) is 6.42 Å². The highest BCUT2D eigenvalue weighted by atomic mass is 16.4. The highest BCUT2D eigenvalue weighted by Gasteiger charge is 2.13. The Morgan fingerprint density at radius 3 is 2.53 bits per heavy atom. The number of rotatable bonds is 6. The van der Waals surface area contributed by atoms with E-state index in [9.17, 15) is 9.59 Å². The van der Waals surface area contributed by atoms with Crippen LogP contribution in [-0.2, 0) is 16.0 Å². The van der Waals surface area contributed by atoms with Gasteiger partial charge in [0.25, 0.3) is 0 Å². The molecule has 0 aliphatic heterocycles. The van der Waals surface area contributed by atoms with E-state index in [-0.39, 0.29) is 5.91 Å². The van der Waals surface area contributed by atoms with Crippen molar-refractivity contribution in [3.63, 3.8) is 0 Å². The molecule has 1 amide bonds. The summed E-state index contributed by atoms with van der Waals surface area (Å²) in [4.78, 5) is 21.9. The van der Waals surface area contributed by atoms with Crippen molar-refractivity contribution in [2.75, 3.05) is 0 Å². The van der Waals surface area contributed by atoms with Gasteiger partial charge in [-0.25, -0.2) is 0 Å². The summed E-state index contributed by atoms with van der Waals surface area (Å²) >= 11 is 0. The summed E-state index contributed by atoms with van der Waals surface area (Å²) in [6, 6.07) is 9.07. The number of carboxylic acid groups (broad SMARTS) is 1. The summed E-state index contributed by atoms with van der Waals surface area (Å²) in [7, 11) is 0. The standard InChI is InChI=1S/C13H17NO3/c1-10(13(16)17)14-12(15)9-5-8-11-6-3-2-4-7-11/h2-4,6-7,10H,5,8-9H2,1H3,(H,14,15)(H,16,17)/t10-/m0/s1. The Kier molecular flexibility index (Phi) is 5.20. The van der Waals surface area contributed by atoms with Gasteiger partial charge < -0.3 is 10.4 Å². The molecule has 0 aliphatic rings. The van der Waals surface area contributed by atoms with Gasteiger partial charge in [-0.15, -0.1) is 0 Å². The molecule has 0 spiro atoms. The summed E-state index contributed by atoms with van der Waals surface area (Å²) in [5.41, 5.74) is 1.19. The monoisotopic (exact) mass is 235 g/mol. The van der Waals surface area contributed by atoms with Crippen LogP contribution in [0.15, 0.2) is 30.3 Å². The van der Waals surface area contributed by atoms with Crippen LogP contribution in [0.3, 0.4) is 0 Å². The van der Waals surface area contributed by atoms with E-state index in [1.54, 1.807) is 0 Å². The van der Waals surface area contributed by atoms with Crippen molar-refractivity contribution < 1.29 is 14.7 Å². The van der Waals surface area contributed by atoms with Gasteiger partial charge >= 0.3 is 5.97 Å². The van der Waals surface area contributed by atoms with Crippen molar-refractivity contribution in [1.82, 2.24) is 5.32 Å². The van der Waals surface area contributed by atoms with Gasteiger partial charge in [-0.3, -0.25) is 9.59 Å². The normalized spacial score (nSPS) is 11.8. The summed E-state index contributed by atoms with van der Waals surface area (Å²) in [5, 5.41) is 11.0. The minimum Gasteiger partial charge on any atom is -0.480 e. The van der Waals surface area contributed by atoms with Crippen LogP contribution in [0, 0.1) is 0 Å². The molecule has 0 saturated heterocycles. The van der Waals surface area contributed by atoms with Crippen molar-refractivity contribution in [3.05, 3.63) is 35.9 Å². The lowest BCUT2D eigenvalue weighted by atomic mass is 10.1. The first-order valence-electron chi connectivity index (χ1n) is 5.65. The lowest BCUT2D eigenvalue weighted by Gasteiger charge is -2.08. The van der Waals surface area contributed by atoms with Crippen molar-refractivity contribution >= 4 is 11.9 Å². The fourth-order valence-electron chi connectivity index (χ4n) is 1.47. The molecule has 4 heteroatoms. The second-order valence-electron chi connectivity index (χ2n) is 3.97. The molecule has 1 atom stereocenters. The van der Waals surface area contributed by atoms with E-state index in [0.717, 1.165) is 12.8 Å². The highest BCUT2D eigenvalue weighted by molar-refractivity contribution is 5.83. The Hall–Kier alpha value is -1.84. The Morgan fingerprint density at radius 2 is 1.94 bits per heavy atom. The summed E-state index contributed by atoms with van der Waals surface area (Å²) in [5.74, 6) is -1.22. The minimum atomic E-state index is -1.01. The molecule has 1 rings (SSSR count). The number of aliphatic carboxylic acids is 1. The molecule has 1 aromatic rings. The molecule has 0 bridgehead atoms. The summed E-state index contributed by atoms with van der Waals surface area (Å²) < 4.78 is 0. The summed E-state index contributed by atoms with van der Waals surface area (Å²) in [6.45, 7) is 1.46. The van der Waals surface area contributed by atoms with Crippen molar-refractivity contribution in [2.24, 2.45) is 0 Å². The van der Waals surface area contributed by atoms with Crippen molar-refractivity contribution in [2.45, 2.75) is 32.2 Å². The predicted octanol–water partition coefficient (Wildman–Crippen LogP) is 1.60. The van der Waals surface area contributed by atoms with Gasteiger partial charge in [-0.05, 0) is 25.3 Å². The second kappa shape index (κ2) is 6.68. The van der Waals surface area contributed by atoms with Crippen LogP contribution in [0.25, 0.3) is 0 Å². The van der Waals surface area contributed by atoms with E-state index < -0.39 is 12.0 Å². The van der Waals surface area contributed by atoms with E-state index in [1.165, 1.54) is 12.5 Å².